The number of aromatic nitrogens is 2. The van der Waals surface area contributed by atoms with Crippen LogP contribution in [0.4, 0.5) is 5.82 Å². The van der Waals surface area contributed by atoms with Gasteiger partial charge < -0.3 is 9.73 Å². The van der Waals surface area contributed by atoms with E-state index in [0.717, 1.165) is 0 Å². The molecular weight excluding hydrogens is 288 g/mol. The molecule has 0 bridgehead atoms. The molecule has 3 aromatic rings. The van der Waals surface area contributed by atoms with Crippen LogP contribution in [0.2, 0.25) is 5.02 Å². The molecule has 0 aliphatic carbocycles. The number of pyridine rings is 1. The van der Waals surface area contributed by atoms with Gasteiger partial charge in [-0.15, -0.1) is 0 Å². The number of nitrogens with zero attached hydrogens (tertiary/aromatic N) is 3. The zero-order chi connectivity index (χ0) is 14.7. The number of hydrogen-bond acceptors (Lipinski definition) is 5. The van der Waals surface area contributed by atoms with Gasteiger partial charge in [0.2, 0.25) is 5.89 Å². The van der Waals surface area contributed by atoms with E-state index in [9.17, 15) is 5.26 Å². The van der Waals surface area contributed by atoms with Crippen LogP contribution in [-0.2, 0) is 0 Å². The molecule has 102 valence electrons. The zero-order valence-electron chi connectivity index (χ0n) is 10.7. The second kappa shape index (κ2) is 5.65. The lowest BCUT2D eigenvalue weighted by Crippen LogP contribution is -1.93. The lowest BCUT2D eigenvalue weighted by Gasteiger charge is -1.98. The maximum Gasteiger partial charge on any atom is 0.239 e. The number of rotatable bonds is 3. The van der Waals surface area contributed by atoms with Gasteiger partial charge in [-0.2, -0.15) is 5.26 Å². The second-order valence-corrected chi connectivity index (χ2v) is 4.60. The molecule has 1 aromatic carbocycles. The Kier molecular flexibility index (Phi) is 3.54. The second-order valence-electron chi connectivity index (χ2n) is 4.16. The summed E-state index contributed by atoms with van der Waals surface area (Å²) in [6.45, 7) is 0. The minimum absolute atomic E-state index is 0.234. The number of fused-ring (bicyclic) bond motifs is 1. The first kappa shape index (κ1) is 13.2. The molecule has 5 nitrogen and oxygen atoms in total. The summed E-state index contributed by atoms with van der Waals surface area (Å²) in [5, 5.41) is 12.7. The Morgan fingerprint density at radius 1 is 1.33 bits per heavy atom. The number of allylic oxidation sites excluding steroid dienone is 1. The van der Waals surface area contributed by atoms with Crippen molar-refractivity contribution in [3.05, 3.63) is 59.7 Å². The van der Waals surface area contributed by atoms with E-state index in [4.69, 9.17) is 16.0 Å². The summed E-state index contributed by atoms with van der Waals surface area (Å²) in [7, 11) is 0. The highest BCUT2D eigenvalue weighted by Gasteiger charge is 2.11. The van der Waals surface area contributed by atoms with Crippen molar-refractivity contribution in [1.82, 2.24) is 9.97 Å². The lowest BCUT2D eigenvalue weighted by molar-refractivity contribution is 0.586. The SMILES string of the molecule is N#C/C(=C/Nc1ccccn1)c1nc2cc(Cl)ccc2o1. The Hall–Kier alpha value is -2.84. The molecule has 6 heteroatoms. The van der Waals surface area contributed by atoms with Crippen LogP contribution in [0.3, 0.4) is 0 Å². The van der Waals surface area contributed by atoms with Crippen LogP contribution in [0, 0.1) is 11.3 Å². The van der Waals surface area contributed by atoms with Crippen LogP contribution in [-0.4, -0.2) is 9.97 Å². The molecule has 0 fully saturated rings. The van der Waals surface area contributed by atoms with Crippen molar-refractivity contribution in [2.45, 2.75) is 0 Å². The van der Waals surface area contributed by atoms with Crippen molar-refractivity contribution in [1.29, 1.82) is 5.26 Å². The van der Waals surface area contributed by atoms with Crippen LogP contribution in [0.5, 0.6) is 0 Å². The van der Waals surface area contributed by atoms with Gasteiger partial charge in [0.25, 0.3) is 0 Å². The van der Waals surface area contributed by atoms with Gasteiger partial charge in [-0.1, -0.05) is 17.7 Å². The normalized spacial score (nSPS) is 11.3. The van der Waals surface area contributed by atoms with Gasteiger partial charge in [0.05, 0.1) is 0 Å². The highest BCUT2D eigenvalue weighted by molar-refractivity contribution is 6.31. The maximum atomic E-state index is 9.23. The molecule has 0 amide bonds. The average Bonchev–Trinajstić information content (AvgIpc) is 2.92. The standard InChI is InChI=1S/C15H9ClN4O/c16-11-4-5-13-12(7-11)20-15(21-13)10(8-17)9-19-14-3-1-2-6-18-14/h1-7,9H,(H,18,19)/b10-9-. The Balaban J connectivity index is 1.93. The molecule has 3 rings (SSSR count). The summed E-state index contributed by atoms with van der Waals surface area (Å²) in [4.78, 5) is 8.35. The summed E-state index contributed by atoms with van der Waals surface area (Å²) >= 11 is 5.90. The minimum atomic E-state index is 0.234. The fraction of sp³-hybridized carbons (Fsp3) is 0. The third-order valence-electron chi connectivity index (χ3n) is 2.73. The maximum absolute atomic E-state index is 9.23. The summed E-state index contributed by atoms with van der Waals surface area (Å²) in [5.74, 6) is 0.864. The van der Waals surface area contributed by atoms with E-state index in [1.807, 2.05) is 18.2 Å². The Morgan fingerprint density at radius 3 is 3.00 bits per heavy atom. The Bertz CT molecular complexity index is 849. The zero-order valence-corrected chi connectivity index (χ0v) is 11.5. The molecule has 1 N–H and O–H groups in total. The van der Waals surface area contributed by atoms with E-state index >= 15 is 0 Å². The number of hydrogen-bond donors (Lipinski definition) is 1. The Labute approximate surface area is 125 Å². The largest absolute Gasteiger partial charge is 0.435 e. The van der Waals surface area contributed by atoms with Gasteiger partial charge >= 0.3 is 0 Å². The number of nitrogens with one attached hydrogen (secondary N) is 1. The fourth-order valence-electron chi connectivity index (χ4n) is 1.75. The quantitative estimate of drug-likeness (QED) is 0.743. The molecule has 0 spiro atoms. The highest BCUT2D eigenvalue weighted by Crippen LogP contribution is 2.23. The molecule has 0 unspecified atom stereocenters. The number of benzene rings is 1. The van der Waals surface area contributed by atoms with Crippen LogP contribution in [0.25, 0.3) is 16.7 Å². The summed E-state index contributed by atoms with van der Waals surface area (Å²) < 4.78 is 5.54. The van der Waals surface area contributed by atoms with E-state index in [2.05, 4.69) is 15.3 Å². The van der Waals surface area contributed by atoms with E-state index in [1.54, 1.807) is 30.5 Å². The molecule has 2 heterocycles. The molecule has 0 saturated carbocycles. The number of nitriles is 1. The van der Waals surface area contributed by atoms with E-state index < -0.39 is 0 Å². The topological polar surface area (TPSA) is 74.7 Å². The van der Waals surface area contributed by atoms with Crippen molar-refractivity contribution in [2.75, 3.05) is 5.32 Å². The van der Waals surface area contributed by atoms with Crippen LogP contribution >= 0.6 is 11.6 Å². The van der Waals surface area contributed by atoms with Crippen LogP contribution in [0.1, 0.15) is 5.89 Å². The van der Waals surface area contributed by atoms with Crippen LogP contribution in [0.15, 0.2) is 53.2 Å². The highest BCUT2D eigenvalue weighted by atomic mass is 35.5. The Morgan fingerprint density at radius 2 is 2.24 bits per heavy atom. The van der Waals surface area contributed by atoms with Crippen molar-refractivity contribution in [3.8, 4) is 6.07 Å². The molecule has 0 radical (unpaired) electrons. The summed E-state index contributed by atoms with van der Waals surface area (Å²) in [5.41, 5.74) is 1.46. The van der Waals surface area contributed by atoms with Gasteiger partial charge in [0, 0.05) is 17.4 Å². The monoisotopic (exact) mass is 296 g/mol. The first-order chi connectivity index (χ1) is 10.3. The molecular formula is C15H9ClN4O. The lowest BCUT2D eigenvalue weighted by atomic mass is 10.3. The van der Waals surface area contributed by atoms with Gasteiger partial charge in [-0.3, -0.25) is 0 Å². The van der Waals surface area contributed by atoms with Gasteiger partial charge in [-0.25, -0.2) is 9.97 Å². The number of halogens is 1. The van der Waals surface area contributed by atoms with Crippen LogP contribution < -0.4 is 5.32 Å². The first-order valence-corrected chi connectivity index (χ1v) is 6.48. The van der Waals surface area contributed by atoms with E-state index in [1.165, 1.54) is 6.20 Å². The van der Waals surface area contributed by atoms with Crippen molar-refractivity contribution < 1.29 is 4.42 Å². The minimum Gasteiger partial charge on any atom is -0.435 e. The van der Waals surface area contributed by atoms with E-state index in [-0.39, 0.29) is 11.5 Å². The van der Waals surface area contributed by atoms with Gasteiger partial charge in [0.1, 0.15) is 23.0 Å². The molecule has 21 heavy (non-hydrogen) atoms. The van der Waals surface area contributed by atoms with E-state index in [0.29, 0.717) is 21.9 Å². The first-order valence-electron chi connectivity index (χ1n) is 6.10. The van der Waals surface area contributed by atoms with Crippen molar-refractivity contribution in [2.24, 2.45) is 0 Å². The average molecular weight is 297 g/mol. The summed E-state index contributed by atoms with van der Waals surface area (Å²) in [6.07, 6.45) is 3.16. The molecule has 0 aliphatic rings. The predicted octanol–water partition coefficient (Wildman–Crippen LogP) is 3.85. The molecule has 0 atom stereocenters. The van der Waals surface area contributed by atoms with Gasteiger partial charge in [0.15, 0.2) is 5.58 Å². The molecule has 0 aliphatic heterocycles. The smallest absolute Gasteiger partial charge is 0.239 e. The molecule has 2 aromatic heterocycles. The summed E-state index contributed by atoms with van der Waals surface area (Å²) in [6, 6.07) is 12.6. The predicted molar refractivity (Wildman–Crippen MR) is 80.5 cm³/mol. The van der Waals surface area contributed by atoms with Crippen molar-refractivity contribution in [3.63, 3.8) is 0 Å². The number of anilines is 1. The number of oxazole rings is 1. The fourth-order valence-corrected chi connectivity index (χ4v) is 1.92. The third-order valence-corrected chi connectivity index (χ3v) is 2.96. The third kappa shape index (κ3) is 2.86. The molecule has 0 saturated heterocycles. The van der Waals surface area contributed by atoms with Crippen molar-refractivity contribution >= 4 is 34.1 Å². The van der Waals surface area contributed by atoms with Gasteiger partial charge in [-0.05, 0) is 30.3 Å².